The van der Waals surface area contributed by atoms with Gasteiger partial charge in [-0.05, 0) is 44.5 Å². The van der Waals surface area contributed by atoms with Crippen LogP contribution in [0.1, 0.15) is 48.1 Å². The third-order valence-corrected chi connectivity index (χ3v) is 3.54. The number of aliphatic hydroxyl groups excluding tert-OH is 1. The van der Waals surface area contributed by atoms with E-state index in [9.17, 15) is 14.3 Å². The first kappa shape index (κ1) is 16.2. The standard InChI is InChI=1S/C17H20FNO3/c1-10-7-15(12(3)22-10)11(2)19-17(21)9-16(20)13-5-4-6-14(18)8-13/h4-8,11,16,20H,9H2,1-3H3,(H,19,21). The van der Waals surface area contributed by atoms with E-state index < -0.39 is 11.9 Å². The number of halogens is 1. The van der Waals surface area contributed by atoms with Crippen LogP contribution in [-0.2, 0) is 4.79 Å². The quantitative estimate of drug-likeness (QED) is 0.890. The molecule has 1 heterocycles. The molecule has 0 fully saturated rings. The Balaban J connectivity index is 1.96. The number of nitrogens with one attached hydrogen (secondary N) is 1. The second-order valence-electron chi connectivity index (χ2n) is 5.43. The van der Waals surface area contributed by atoms with Crippen LogP contribution >= 0.6 is 0 Å². The molecule has 1 aromatic carbocycles. The lowest BCUT2D eigenvalue weighted by atomic mass is 10.1. The van der Waals surface area contributed by atoms with Crippen molar-refractivity contribution in [2.75, 3.05) is 0 Å². The number of carbonyl (C=O) groups is 1. The molecule has 1 aromatic heterocycles. The number of benzene rings is 1. The smallest absolute Gasteiger partial charge is 0.223 e. The highest BCUT2D eigenvalue weighted by Gasteiger charge is 2.18. The molecule has 0 radical (unpaired) electrons. The lowest BCUT2D eigenvalue weighted by Gasteiger charge is -2.16. The molecule has 5 heteroatoms. The predicted molar refractivity (Wildman–Crippen MR) is 80.7 cm³/mol. The average molecular weight is 305 g/mol. The summed E-state index contributed by atoms with van der Waals surface area (Å²) in [5, 5.41) is 12.8. The molecular formula is C17H20FNO3. The molecule has 0 aliphatic carbocycles. The number of aryl methyl sites for hydroxylation is 2. The molecule has 0 aliphatic rings. The fourth-order valence-electron chi connectivity index (χ4n) is 2.47. The second-order valence-corrected chi connectivity index (χ2v) is 5.43. The summed E-state index contributed by atoms with van der Waals surface area (Å²) in [5.74, 6) is 0.807. The summed E-state index contributed by atoms with van der Waals surface area (Å²) in [6, 6.07) is 7.28. The van der Waals surface area contributed by atoms with Crippen LogP contribution in [0.4, 0.5) is 4.39 Å². The lowest BCUT2D eigenvalue weighted by molar-refractivity contribution is -0.123. The monoisotopic (exact) mass is 305 g/mol. The van der Waals surface area contributed by atoms with Gasteiger partial charge in [0.2, 0.25) is 5.91 Å². The lowest BCUT2D eigenvalue weighted by Crippen LogP contribution is -2.28. The van der Waals surface area contributed by atoms with E-state index in [1.54, 1.807) is 6.07 Å². The maximum Gasteiger partial charge on any atom is 0.223 e. The summed E-state index contributed by atoms with van der Waals surface area (Å²) in [5.41, 5.74) is 1.30. The highest BCUT2D eigenvalue weighted by molar-refractivity contribution is 5.77. The van der Waals surface area contributed by atoms with Gasteiger partial charge in [0, 0.05) is 5.56 Å². The van der Waals surface area contributed by atoms with Crippen molar-refractivity contribution in [2.24, 2.45) is 0 Å². The zero-order chi connectivity index (χ0) is 16.3. The minimum absolute atomic E-state index is 0.121. The van der Waals surface area contributed by atoms with Crippen molar-refractivity contribution >= 4 is 5.91 Å². The van der Waals surface area contributed by atoms with Gasteiger partial charge in [0.05, 0.1) is 18.6 Å². The Morgan fingerprint density at radius 3 is 2.68 bits per heavy atom. The van der Waals surface area contributed by atoms with Crippen LogP contribution in [0.2, 0.25) is 0 Å². The fraction of sp³-hybridized carbons (Fsp3) is 0.353. The van der Waals surface area contributed by atoms with Gasteiger partial charge in [-0.3, -0.25) is 4.79 Å². The number of rotatable bonds is 5. The first-order chi connectivity index (χ1) is 10.4. The number of hydrogen-bond acceptors (Lipinski definition) is 3. The summed E-state index contributed by atoms with van der Waals surface area (Å²) in [6.45, 7) is 5.54. The van der Waals surface area contributed by atoms with E-state index in [0.29, 0.717) is 5.56 Å². The molecule has 0 aliphatic heterocycles. The third kappa shape index (κ3) is 3.95. The highest BCUT2D eigenvalue weighted by Crippen LogP contribution is 2.22. The molecule has 2 rings (SSSR count). The van der Waals surface area contributed by atoms with Crippen LogP contribution in [0.5, 0.6) is 0 Å². The van der Waals surface area contributed by atoms with Gasteiger partial charge in [-0.1, -0.05) is 12.1 Å². The highest BCUT2D eigenvalue weighted by atomic mass is 19.1. The molecule has 2 unspecified atom stereocenters. The van der Waals surface area contributed by atoms with Crippen molar-refractivity contribution in [3.63, 3.8) is 0 Å². The van der Waals surface area contributed by atoms with Crippen molar-refractivity contribution in [2.45, 2.75) is 39.3 Å². The Labute approximate surface area is 129 Å². The maximum atomic E-state index is 13.1. The molecule has 1 amide bonds. The predicted octanol–water partition coefficient (Wildman–Crippen LogP) is 3.34. The minimum atomic E-state index is -1.03. The van der Waals surface area contributed by atoms with Crippen LogP contribution < -0.4 is 5.32 Å². The zero-order valence-electron chi connectivity index (χ0n) is 12.9. The number of furan rings is 1. The van der Waals surface area contributed by atoms with Gasteiger partial charge >= 0.3 is 0 Å². The molecule has 0 saturated heterocycles. The van der Waals surface area contributed by atoms with Gasteiger partial charge in [-0.2, -0.15) is 0 Å². The molecule has 22 heavy (non-hydrogen) atoms. The normalized spacial score (nSPS) is 13.7. The minimum Gasteiger partial charge on any atom is -0.466 e. The first-order valence-electron chi connectivity index (χ1n) is 7.16. The summed E-state index contributed by atoms with van der Waals surface area (Å²) < 4.78 is 18.6. The molecule has 0 bridgehead atoms. The Morgan fingerprint density at radius 2 is 2.09 bits per heavy atom. The van der Waals surface area contributed by atoms with Crippen molar-refractivity contribution < 1.29 is 18.7 Å². The van der Waals surface area contributed by atoms with Gasteiger partial charge in [-0.25, -0.2) is 4.39 Å². The Hall–Kier alpha value is -2.14. The van der Waals surface area contributed by atoms with E-state index in [-0.39, 0.29) is 18.4 Å². The maximum absolute atomic E-state index is 13.1. The Bertz CT molecular complexity index is 666. The van der Waals surface area contributed by atoms with Crippen molar-refractivity contribution in [3.05, 3.63) is 58.8 Å². The summed E-state index contributed by atoms with van der Waals surface area (Å²) in [7, 11) is 0. The Morgan fingerprint density at radius 1 is 1.36 bits per heavy atom. The number of amides is 1. The average Bonchev–Trinajstić information content (AvgIpc) is 2.77. The summed E-state index contributed by atoms with van der Waals surface area (Å²) in [6.07, 6.45) is -1.15. The largest absolute Gasteiger partial charge is 0.466 e. The van der Waals surface area contributed by atoms with Crippen LogP contribution in [0.3, 0.4) is 0 Å². The number of aliphatic hydroxyl groups is 1. The van der Waals surface area contributed by atoms with Crippen molar-refractivity contribution in [3.8, 4) is 0 Å². The molecule has 2 aromatic rings. The molecule has 2 atom stereocenters. The van der Waals surface area contributed by atoms with Crippen molar-refractivity contribution in [1.29, 1.82) is 0 Å². The number of carbonyl (C=O) groups excluding carboxylic acids is 1. The van der Waals surface area contributed by atoms with E-state index in [1.165, 1.54) is 18.2 Å². The first-order valence-corrected chi connectivity index (χ1v) is 7.16. The van der Waals surface area contributed by atoms with Crippen molar-refractivity contribution in [1.82, 2.24) is 5.32 Å². The topological polar surface area (TPSA) is 62.5 Å². The van der Waals surface area contributed by atoms with Gasteiger partial charge in [-0.15, -0.1) is 0 Å². The van der Waals surface area contributed by atoms with Gasteiger partial charge < -0.3 is 14.8 Å². The SMILES string of the molecule is Cc1cc(C(C)NC(=O)CC(O)c2cccc(F)c2)c(C)o1. The molecule has 4 nitrogen and oxygen atoms in total. The van der Waals surface area contributed by atoms with Crippen LogP contribution in [0.15, 0.2) is 34.7 Å². The van der Waals surface area contributed by atoms with E-state index in [1.807, 2.05) is 26.8 Å². The van der Waals surface area contributed by atoms with Gasteiger partial charge in [0.25, 0.3) is 0 Å². The van der Waals surface area contributed by atoms with Gasteiger partial charge in [0.1, 0.15) is 17.3 Å². The summed E-state index contributed by atoms with van der Waals surface area (Å²) >= 11 is 0. The molecule has 0 saturated carbocycles. The summed E-state index contributed by atoms with van der Waals surface area (Å²) in [4.78, 5) is 12.0. The molecule has 0 spiro atoms. The van der Waals surface area contributed by atoms with E-state index in [4.69, 9.17) is 4.42 Å². The Kier molecular flexibility index (Phi) is 4.98. The third-order valence-electron chi connectivity index (χ3n) is 3.54. The number of hydrogen-bond donors (Lipinski definition) is 2. The molecule has 118 valence electrons. The van der Waals surface area contributed by atoms with Crippen LogP contribution in [0.25, 0.3) is 0 Å². The van der Waals surface area contributed by atoms with E-state index in [0.717, 1.165) is 17.1 Å². The van der Waals surface area contributed by atoms with Gasteiger partial charge in [0.15, 0.2) is 0 Å². The van der Waals surface area contributed by atoms with Crippen LogP contribution in [0, 0.1) is 19.7 Å². The zero-order valence-corrected chi connectivity index (χ0v) is 12.9. The van der Waals surface area contributed by atoms with E-state index in [2.05, 4.69) is 5.32 Å². The molecule has 2 N–H and O–H groups in total. The van der Waals surface area contributed by atoms with Crippen LogP contribution in [-0.4, -0.2) is 11.0 Å². The van der Waals surface area contributed by atoms with E-state index >= 15 is 0 Å². The molecular weight excluding hydrogens is 285 g/mol. The second kappa shape index (κ2) is 6.75. The fourth-order valence-corrected chi connectivity index (χ4v) is 2.47.